The van der Waals surface area contributed by atoms with Crippen LogP contribution in [0.15, 0.2) is 0 Å². The minimum absolute atomic E-state index is 0.0325. The summed E-state index contributed by atoms with van der Waals surface area (Å²) < 4.78 is 0. The van der Waals surface area contributed by atoms with Gasteiger partial charge in [0.2, 0.25) is 18.3 Å². The molecule has 0 saturated heterocycles. The fraction of sp³-hybridized carbons (Fsp3) is 0.722. The van der Waals surface area contributed by atoms with E-state index in [1.165, 1.54) is 0 Å². The van der Waals surface area contributed by atoms with E-state index in [-0.39, 0.29) is 18.4 Å². The summed E-state index contributed by atoms with van der Waals surface area (Å²) in [7, 11) is 3.59. The maximum absolute atomic E-state index is 13.2. The molecule has 0 bridgehead atoms. The van der Waals surface area contributed by atoms with Gasteiger partial charge in [-0.25, -0.2) is 15.9 Å². The van der Waals surface area contributed by atoms with Crippen LogP contribution < -0.4 is 15.8 Å². The number of hydrogen-bond donors (Lipinski definition) is 2. The molecule has 1 aromatic heterocycles. The predicted octanol–water partition coefficient (Wildman–Crippen LogP) is 0.997. The highest BCUT2D eigenvalue weighted by atomic mass is 16.5. The van der Waals surface area contributed by atoms with Crippen LogP contribution in [0.3, 0.4) is 0 Å². The second-order valence-electron chi connectivity index (χ2n) is 7.66. The first-order valence-corrected chi connectivity index (χ1v) is 9.68. The third-order valence-corrected chi connectivity index (χ3v) is 5.28. The Labute approximate surface area is 165 Å². The number of carbonyl (C=O) groups is 2. The molecule has 2 amide bonds. The number of rotatable bonds is 8. The van der Waals surface area contributed by atoms with Crippen molar-refractivity contribution >= 4 is 24.2 Å². The Bertz CT molecular complexity index is 677. The van der Waals surface area contributed by atoms with E-state index in [4.69, 9.17) is 5.84 Å². The van der Waals surface area contributed by atoms with E-state index in [9.17, 15) is 14.8 Å². The molecular formula is C18H31N7O3. The maximum Gasteiger partial charge on any atom is 0.252 e. The molecule has 1 atom stereocenters. The normalized spacial score (nSPS) is 20.4. The van der Waals surface area contributed by atoms with Gasteiger partial charge in [0.25, 0.3) is 5.95 Å². The molecule has 10 nitrogen and oxygen atoms in total. The van der Waals surface area contributed by atoms with Gasteiger partial charge in [0.15, 0.2) is 0 Å². The Hall–Kier alpha value is -2.33. The summed E-state index contributed by atoms with van der Waals surface area (Å²) in [6.07, 6.45) is 4.56. The first kappa shape index (κ1) is 22.0. The lowest BCUT2D eigenvalue weighted by Crippen LogP contribution is -2.49. The summed E-state index contributed by atoms with van der Waals surface area (Å²) in [5, 5.41) is 11.1. The van der Waals surface area contributed by atoms with Gasteiger partial charge in [-0.2, -0.15) is 15.0 Å². The molecule has 10 heteroatoms. The van der Waals surface area contributed by atoms with Crippen LogP contribution >= 0.6 is 0 Å². The van der Waals surface area contributed by atoms with Gasteiger partial charge in [-0.1, -0.05) is 26.7 Å². The average molecular weight is 393 g/mol. The number of carbonyl (C=O) groups excluding carboxylic acids is 2. The molecule has 1 fully saturated rings. The number of anilines is 2. The summed E-state index contributed by atoms with van der Waals surface area (Å²) in [5.41, 5.74) is 0. The SMILES string of the molecule is CCc1nc(N(C)C)nc(N(N)C(=O)[C@@H](CN(O)C=O)C2CCC(C)CC2)n1. The van der Waals surface area contributed by atoms with Crippen molar-refractivity contribution in [3.63, 3.8) is 0 Å². The van der Waals surface area contributed by atoms with Crippen molar-refractivity contribution < 1.29 is 14.8 Å². The largest absolute Gasteiger partial charge is 0.347 e. The van der Waals surface area contributed by atoms with E-state index in [2.05, 4.69) is 21.9 Å². The Morgan fingerprint density at radius 3 is 2.36 bits per heavy atom. The van der Waals surface area contributed by atoms with Crippen LogP contribution in [0.25, 0.3) is 0 Å². The summed E-state index contributed by atoms with van der Waals surface area (Å²) in [6.45, 7) is 3.98. The number of hydroxylamine groups is 2. The van der Waals surface area contributed by atoms with E-state index in [1.54, 1.807) is 19.0 Å². The van der Waals surface area contributed by atoms with Crippen LogP contribution in [-0.4, -0.2) is 58.2 Å². The first-order chi connectivity index (χ1) is 13.3. The fourth-order valence-corrected chi connectivity index (χ4v) is 3.50. The number of nitrogens with zero attached hydrogens (tertiary/aromatic N) is 6. The third-order valence-electron chi connectivity index (χ3n) is 5.28. The van der Waals surface area contributed by atoms with Crippen LogP contribution in [0.2, 0.25) is 0 Å². The van der Waals surface area contributed by atoms with Crippen LogP contribution in [0.5, 0.6) is 0 Å². The van der Waals surface area contributed by atoms with Crippen molar-refractivity contribution in [3.05, 3.63) is 5.82 Å². The molecule has 3 N–H and O–H groups in total. The van der Waals surface area contributed by atoms with Gasteiger partial charge in [-0.15, -0.1) is 0 Å². The number of hydrazine groups is 1. The molecule has 0 spiro atoms. The smallest absolute Gasteiger partial charge is 0.252 e. The van der Waals surface area contributed by atoms with E-state index in [0.717, 1.165) is 30.7 Å². The zero-order chi connectivity index (χ0) is 20.8. The number of amides is 2. The van der Waals surface area contributed by atoms with Gasteiger partial charge in [-0.05, 0) is 24.7 Å². The van der Waals surface area contributed by atoms with Crippen molar-refractivity contribution in [1.82, 2.24) is 20.0 Å². The fourth-order valence-electron chi connectivity index (χ4n) is 3.50. The molecule has 0 unspecified atom stereocenters. The predicted molar refractivity (Wildman–Crippen MR) is 104 cm³/mol. The van der Waals surface area contributed by atoms with Crippen molar-refractivity contribution in [1.29, 1.82) is 0 Å². The van der Waals surface area contributed by atoms with Crippen molar-refractivity contribution in [3.8, 4) is 0 Å². The first-order valence-electron chi connectivity index (χ1n) is 9.68. The average Bonchev–Trinajstić information content (AvgIpc) is 2.70. The zero-order valence-corrected chi connectivity index (χ0v) is 17.1. The van der Waals surface area contributed by atoms with E-state index in [1.807, 2.05) is 6.92 Å². The van der Waals surface area contributed by atoms with Gasteiger partial charge in [0.1, 0.15) is 5.82 Å². The number of hydrogen-bond acceptors (Lipinski definition) is 8. The van der Waals surface area contributed by atoms with E-state index in [0.29, 0.717) is 35.6 Å². The second-order valence-corrected chi connectivity index (χ2v) is 7.66. The molecule has 0 aliphatic heterocycles. The Morgan fingerprint density at radius 2 is 1.82 bits per heavy atom. The Kier molecular flexibility index (Phi) is 7.64. The third kappa shape index (κ3) is 5.35. The molecule has 0 aromatic carbocycles. The monoisotopic (exact) mass is 393 g/mol. The van der Waals surface area contributed by atoms with Gasteiger partial charge < -0.3 is 4.90 Å². The highest BCUT2D eigenvalue weighted by Gasteiger charge is 2.35. The molecule has 0 radical (unpaired) electrons. The van der Waals surface area contributed by atoms with Gasteiger partial charge >= 0.3 is 0 Å². The van der Waals surface area contributed by atoms with Crippen molar-refractivity contribution in [2.45, 2.75) is 46.0 Å². The summed E-state index contributed by atoms with van der Waals surface area (Å²) in [5.74, 6) is 6.69. The Morgan fingerprint density at radius 1 is 1.21 bits per heavy atom. The summed E-state index contributed by atoms with van der Waals surface area (Å²) in [6, 6.07) is 0. The molecule has 2 rings (SSSR count). The van der Waals surface area contributed by atoms with Gasteiger partial charge in [0, 0.05) is 20.5 Å². The molecule has 156 valence electrons. The minimum atomic E-state index is -0.627. The number of aromatic nitrogens is 3. The van der Waals surface area contributed by atoms with Crippen molar-refractivity contribution in [2.24, 2.45) is 23.6 Å². The molecule has 1 saturated carbocycles. The highest BCUT2D eigenvalue weighted by molar-refractivity contribution is 5.92. The van der Waals surface area contributed by atoms with E-state index < -0.39 is 11.8 Å². The minimum Gasteiger partial charge on any atom is -0.347 e. The van der Waals surface area contributed by atoms with Gasteiger partial charge in [-0.3, -0.25) is 14.8 Å². The second kappa shape index (κ2) is 9.74. The number of nitrogens with two attached hydrogens (primary N) is 1. The molecule has 1 aliphatic rings. The van der Waals surface area contributed by atoms with Crippen LogP contribution in [-0.2, 0) is 16.0 Å². The van der Waals surface area contributed by atoms with Crippen LogP contribution in [0.4, 0.5) is 11.9 Å². The van der Waals surface area contributed by atoms with Crippen molar-refractivity contribution in [2.75, 3.05) is 30.5 Å². The lowest BCUT2D eigenvalue weighted by Gasteiger charge is -2.34. The van der Waals surface area contributed by atoms with Crippen LogP contribution in [0, 0.1) is 17.8 Å². The summed E-state index contributed by atoms with van der Waals surface area (Å²) >= 11 is 0. The standard InChI is InChI=1S/C18H31N7O3/c1-5-15-20-17(23(3)4)22-18(21-15)25(19)16(27)14(10-24(28)11-26)13-8-6-12(2)7-9-13/h11-14,28H,5-10,19H2,1-4H3/t12?,13?,14-/m0/s1. The topological polar surface area (TPSA) is 129 Å². The van der Waals surface area contributed by atoms with Crippen LogP contribution in [0.1, 0.15) is 45.4 Å². The molecular weight excluding hydrogens is 362 g/mol. The lowest BCUT2D eigenvalue weighted by atomic mass is 9.76. The quantitative estimate of drug-likeness (QED) is 0.220. The molecule has 1 aromatic rings. The Balaban J connectivity index is 2.29. The summed E-state index contributed by atoms with van der Waals surface area (Å²) in [4.78, 5) is 38.7. The molecule has 28 heavy (non-hydrogen) atoms. The number of aryl methyl sites for hydroxylation is 1. The lowest BCUT2D eigenvalue weighted by molar-refractivity contribution is -0.156. The van der Waals surface area contributed by atoms with Gasteiger partial charge in [0.05, 0.1) is 12.5 Å². The zero-order valence-electron chi connectivity index (χ0n) is 17.1. The maximum atomic E-state index is 13.2. The molecule has 1 heterocycles. The highest BCUT2D eigenvalue weighted by Crippen LogP contribution is 2.34. The molecule has 1 aliphatic carbocycles. The van der Waals surface area contributed by atoms with E-state index >= 15 is 0 Å².